The summed E-state index contributed by atoms with van der Waals surface area (Å²) in [6.45, 7) is 0.505. The number of nitrogen functional groups attached to an aromatic ring is 1. The number of halogens is 2. The molecule has 1 aliphatic heterocycles. The normalized spacial score (nSPS) is 15.7. The van der Waals surface area contributed by atoms with Crippen molar-refractivity contribution in [1.82, 2.24) is 9.21 Å². The van der Waals surface area contributed by atoms with Gasteiger partial charge in [0.05, 0.1) is 6.42 Å². The molecule has 1 aliphatic rings. The molecule has 0 aromatic heterocycles. The molecule has 2 aromatic rings. The largest absolute Gasteiger partial charge is 0.399 e. The molecule has 1 saturated heterocycles. The van der Waals surface area contributed by atoms with E-state index in [-0.39, 0.29) is 38.5 Å². The molecule has 0 unspecified atom stereocenters. The Kier molecular flexibility index (Phi) is 5.43. The highest BCUT2D eigenvalue weighted by Gasteiger charge is 2.32. The molecule has 0 spiro atoms. The van der Waals surface area contributed by atoms with E-state index in [0.717, 1.165) is 22.0 Å². The molecule has 0 bridgehead atoms. The molecule has 2 aromatic carbocycles. The van der Waals surface area contributed by atoms with Crippen molar-refractivity contribution in [2.45, 2.75) is 11.3 Å². The first-order chi connectivity index (χ1) is 12.8. The number of hydrogen-bond donors (Lipinski definition) is 1. The molecule has 0 atom stereocenters. The molecule has 9 heteroatoms. The quantitative estimate of drug-likeness (QED) is 0.798. The highest BCUT2D eigenvalue weighted by Crippen LogP contribution is 2.21. The summed E-state index contributed by atoms with van der Waals surface area (Å²) in [5.74, 6) is -2.09. The van der Waals surface area contributed by atoms with Crippen LogP contribution in [0.5, 0.6) is 0 Å². The minimum absolute atomic E-state index is 0.0482. The SMILES string of the molecule is Nc1ccc(CC(=O)N2CCN(S(=O)(=O)c3ccc(F)cc3F)CC2)cc1. The third-order valence-corrected chi connectivity index (χ3v) is 6.37. The predicted molar refractivity (Wildman–Crippen MR) is 96.3 cm³/mol. The minimum Gasteiger partial charge on any atom is -0.399 e. The lowest BCUT2D eigenvalue weighted by Crippen LogP contribution is -2.51. The number of carbonyl (C=O) groups excluding carboxylic acids is 1. The summed E-state index contributed by atoms with van der Waals surface area (Å²) in [6.07, 6.45) is 0.194. The molecule has 0 aliphatic carbocycles. The number of hydrogen-bond acceptors (Lipinski definition) is 4. The van der Waals surface area contributed by atoms with E-state index < -0.39 is 26.6 Å². The number of rotatable bonds is 4. The van der Waals surface area contributed by atoms with Crippen molar-refractivity contribution in [3.8, 4) is 0 Å². The fourth-order valence-corrected chi connectivity index (χ4v) is 4.39. The second-order valence-electron chi connectivity index (χ2n) is 6.28. The van der Waals surface area contributed by atoms with Gasteiger partial charge in [0.15, 0.2) is 0 Å². The van der Waals surface area contributed by atoms with Crippen molar-refractivity contribution in [3.63, 3.8) is 0 Å². The van der Waals surface area contributed by atoms with Crippen LogP contribution >= 0.6 is 0 Å². The predicted octanol–water partition coefficient (Wildman–Crippen LogP) is 1.62. The van der Waals surface area contributed by atoms with Gasteiger partial charge in [-0.3, -0.25) is 4.79 Å². The summed E-state index contributed by atoms with van der Waals surface area (Å²) >= 11 is 0. The molecule has 27 heavy (non-hydrogen) atoms. The second kappa shape index (κ2) is 7.61. The second-order valence-corrected chi connectivity index (χ2v) is 8.18. The van der Waals surface area contributed by atoms with E-state index in [1.807, 2.05) is 0 Å². The van der Waals surface area contributed by atoms with Crippen molar-refractivity contribution in [2.24, 2.45) is 0 Å². The van der Waals surface area contributed by atoms with E-state index in [0.29, 0.717) is 11.8 Å². The molecule has 2 N–H and O–H groups in total. The highest BCUT2D eigenvalue weighted by molar-refractivity contribution is 7.89. The van der Waals surface area contributed by atoms with E-state index in [1.165, 1.54) is 0 Å². The van der Waals surface area contributed by atoms with Gasteiger partial charge >= 0.3 is 0 Å². The van der Waals surface area contributed by atoms with Crippen molar-refractivity contribution in [1.29, 1.82) is 0 Å². The number of nitrogens with zero attached hydrogens (tertiary/aromatic N) is 2. The van der Waals surface area contributed by atoms with Gasteiger partial charge in [0.25, 0.3) is 0 Å². The average Bonchev–Trinajstić information content (AvgIpc) is 2.63. The number of nitrogens with two attached hydrogens (primary N) is 1. The number of piperazine rings is 1. The lowest BCUT2D eigenvalue weighted by atomic mass is 10.1. The third kappa shape index (κ3) is 4.25. The fourth-order valence-electron chi connectivity index (χ4n) is 2.92. The molecule has 6 nitrogen and oxygen atoms in total. The Morgan fingerprint density at radius 3 is 2.22 bits per heavy atom. The van der Waals surface area contributed by atoms with Gasteiger partial charge in [-0.15, -0.1) is 0 Å². The summed E-state index contributed by atoms with van der Waals surface area (Å²) in [4.78, 5) is 13.4. The van der Waals surface area contributed by atoms with Crippen LogP contribution in [0.15, 0.2) is 47.4 Å². The Morgan fingerprint density at radius 1 is 1.00 bits per heavy atom. The van der Waals surface area contributed by atoms with Gasteiger partial charge in [-0.1, -0.05) is 12.1 Å². The summed E-state index contributed by atoms with van der Waals surface area (Å²) in [5, 5.41) is 0. The van der Waals surface area contributed by atoms with E-state index in [9.17, 15) is 22.0 Å². The average molecular weight is 395 g/mol. The lowest BCUT2D eigenvalue weighted by molar-refractivity contribution is -0.131. The Bertz CT molecular complexity index is 941. The third-order valence-electron chi connectivity index (χ3n) is 4.44. The molecule has 3 rings (SSSR count). The van der Waals surface area contributed by atoms with Crippen molar-refractivity contribution in [3.05, 3.63) is 59.7 Å². The van der Waals surface area contributed by atoms with Crippen LogP contribution < -0.4 is 5.73 Å². The standard InChI is InChI=1S/C18H19F2N3O3S/c19-14-3-6-17(16(20)12-14)27(25,26)23-9-7-22(8-10-23)18(24)11-13-1-4-15(21)5-2-13/h1-6,12H,7-11,21H2. The summed E-state index contributed by atoms with van der Waals surface area (Å²) < 4.78 is 53.1. The minimum atomic E-state index is -4.08. The van der Waals surface area contributed by atoms with E-state index >= 15 is 0 Å². The zero-order chi connectivity index (χ0) is 19.6. The van der Waals surface area contributed by atoms with Crippen molar-refractivity contribution < 1.29 is 22.0 Å². The van der Waals surface area contributed by atoms with Gasteiger partial charge in [-0.2, -0.15) is 4.31 Å². The van der Waals surface area contributed by atoms with Gasteiger partial charge in [0, 0.05) is 37.9 Å². The van der Waals surface area contributed by atoms with Gasteiger partial charge in [0.1, 0.15) is 16.5 Å². The summed E-state index contributed by atoms with van der Waals surface area (Å²) in [6, 6.07) is 9.32. The van der Waals surface area contributed by atoms with Gasteiger partial charge in [-0.05, 0) is 29.8 Å². The highest BCUT2D eigenvalue weighted by atomic mass is 32.2. The van der Waals surface area contributed by atoms with Crippen LogP contribution in [-0.4, -0.2) is 49.7 Å². The van der Waals surface area contributed by atoms with Crippen LogP contribution in [0.1, 0.15) is 5.56 Å². The van der Waals surface area contributed by atoms with Gasteiger partial charge < -0.3 is 10.6 Å². The number of benzene rings is 2. The molecule has 144 valence electrons. The molecule has 1 heterocycles. The number of anilines is 1. The maximum Gasteiger partial charge on any atom is 0.246 e. The molecule has 1 fully saturated rings. The topological polar surface area (TPSA) is 83.7 Å². The first-order valence-corrected chi connectivity index (χ1v) is 9.79. The van der Waals surface area contributed by atoms with Crippen LogP contribution in [0.25, 0.3) is 0 Å². The smallest absolute Gasteiger partial charge is 0.246 e. The monoisotopic (exact) mass is 395 g/mol. The fraction of sp³-hybridized carbons (Fsp3) is 0.278. The van der Waals surface area contributed by atoms with Crippen LogP contribution in [0.2, 0.25) is 0 Å². The summed E-state index contributed by atoms with van der Waals surface area (Å²) in [7, 11) is -4.08. The Morgan fingerprint density at radius 2 is 1.63 bits per heavy atom. The molecule has 0 saturated carbocycles. The van der Waals surface area contributed by atoms with E-state index in [1.54, 1.807) is 29.2 Å². The van der Waals surface area contributed by atoms with Crippen LogP contribution in [-0.2, 0) is 21.2 Å². The van der Waals surface area contributed by atoms with Gasteiger partial charge in [-0.25, -0.2) is 17.2 Å². The molecule has 0 radical (unpaired) electrons. The van der Waals surface area contributed by atoms with Crippen LogP contribution in [0.3, 0.4) is 0 Å². The molecule has 1 amide bonds. The van der Waals surface area contributed by atoms with Crippen LogP contribution in [0.4, 0.5) is 14.5 Å². The Hall–Kier alpha value is -2.52. The maximum absolute atomic E-state index is 13.9. The van der Waals surface area contributed by atoms with Crippen LogP contribution in [0, 0.1) is 11.6 Å². The molecular formula is C18H19F2N3O3S. The molecular weight excluding hydrogens is 376 g/mol. The lowest BCUT2D eigenvalue weighted by Gasteiger charge is -2.34. The first-order valence-electron chi connectivity index (χ1n) is 8.35. The summed E-state index contributed by atoms with van der Waals surface area (Å²) in [5.41, 5.74) is 7.04. The number of sulfonamides is 1. The van der Waals surface area contributed by atoms with Crippen molar-refractivity contribution >= 4 is 21.6 Å². The zero-order valence-electron chi connectivity index (χ0n) is 14.4. The maximum atomic E-state index is 13.9. The van der Waals surface area contributed by atoms with Gasteiger partial charge in [0.2, 0.25) is 15.9 Å². The Balaban J connectivity index is 1.64. The van der Waals surface area contributed by atoms with E-state index in [2.05, 4.69) is 0 Å². The van der Waals surface area contributed by atoms with E-state index in [4.69, 9.17) is 5.73 Å². The van der Waals surface area contributed by atoms with Crippen molar-refractivity contribution in [2.75, 3.05) is 31.9 Å². The number of amides is 1. The Labute approximate surface area is 156 Å². The first kappa shape index (κ1) is 19.2. The number of carbonyl (C=O) groups is 1. The zero-order valence-corrected chi connectivity index (χ0v) is 15.3.